The number of para-hydroxylation sites is 1. The highest BCUT2D eigenvalue weighted by molar-refractivity contribution is 5.79. The summed E-state index contributed by atoms with van der Waals surface area (Å²) < 4.78 is 7.78. The number of hydrogen-bond donors (Lipinski definition) is 2. The van der Waals surface area contributed by atoms with Gasteiger partial charge in [-0.05, 0) is 18.2 Å². The molecule has 0 fully saturated rings. The number of nitrogens with one attached hydrogen (secondary N) is 2. The average molecular weight is 312 g/mol. The lowest BCUT2D eigenvalue weighted by Gasteiger charge is -2.14. The van der Waals surface area contributed by atoms with E-state index in [0.29, 0.717) is 13.2 Å². The summed E-state index contributed by atoms with van der Waals surface area (Å²) >= 11 is 0. The number of benzene rings is 1. The van der Waals surface area contributed by atoms with Gasteiger partial charge in [-0.25, -0.2) is 0 Å². The SMILES string of the molecule is C=CCOc1ccccc1CNC(=NC)NCCn1cccc1. The van der Waals surface area contributed by atoms with E-state index in [1.807, 2.05) is 48.8 Å². The highest BCUT2D eigenvalue weighted by Gasteiger charge is 2.04. The van der Waals surface area contributed by atoms with Crippen LogP contribution in [0.4, 0.5) is 0 Å². The number of rotatable bonds is 8. The molecule has 1 aromatic carbocycles. The molecule has 23 heavy (non-hydrogen) atoms. The van der Waals surface area contributed by atoms with E-state index in [1.54, 1.807) is 13.1 Å². The third-order valence-corrected chi connectivity index (χ3v) is 3.33. The second-order valence-electron chi connectivity index (χ2n) is 4.98. The molecule has 1 aromatic heterocycles. The molecule has 2 aromatic rings. The van der Waals surface area contributed by atoms with Crippen molar-refractivity contribution in [1.82, 2.24) is 15.2 Å². The van der Waals surface area contributed by atoms with Crippen molar-refractivity contribution in [2.45, 2.75) is 13.1 Å². The van der Waals surface area contributed by atoms with Crippen LogP contribution < -0.4 is 15.4 Å². The van der Waals surface area contributed by atoms with Crippen LogP contribution in [0.5, 0.6) is 5.75 Å². The molecule has 0 atom stereocenters. The minimum absolute atomic E-state index is 0.501. The molecule has 0 aliphatic heterocycles. The number of nitrogens with zero attached hydrogens (tertiary/aromatic N) is 2. The molecular weight excluding hydrogens is 288 g/mol. The summed E-state index contributed by atoms with van der Waals surface area (Å²) in [7, 11) is 1.77. The van der Waals surface area contributed by atoms with Gasteiger partial charge in [0.2, 0.25) is 0 Å². The standard InChI is InChI=1S/C18H24N4O/c1-3-14-23-17-9-5-4-8-16(17)15-21-18(19-2)20-10-13-22-11-6-7-12-22/h3-9,11-12H,1,10,13-15H2,2H3,(H2,19,20,21). The molecule has 5 heteroatoms. The second-order valence-corrected chi connectivity index (χ2v) is 4.98. The Kier molecular flexibility index (Phi) is 6.78. The molecule has 0 aliphatic rings. The molecule has 0 saturated heterocycles. The van der Waals surface area contributed by atoms with Gasteiger partial charge in [0.15, 0.2) is 5.96 Å². The first-order chi connectivity index (χ1) is 11.3. The van der Waals surface area contributed by atoms with Gasteiger partial charge in [0.25, 0.3) is 0 Å². The summed E-state index contributed by atoms with van der Waals surface area (Å²) in [4.78, 5) is 4.24. The second kappa shape index (κ2) is 9.35. The molecule has 0 amide bonds. The van der Waals surface area contributed by atoms with Crippen LogP contribution >= 0.6 is 0 Å². The maximum atomic E-state index is 5.66. The van der Waals surface area contributed by atoms with Gasteiger partial charge in [-0.1, -0.05) is 30.9 Å². The van der Waals surface area contributed by atoms with Crippen LogP contribution in [0, 0.1) is 0 Å². The van der Waals surface area contributed by atoms with E-state index in [4.69, 9.17) is 4.74 Å². The first-order valence-corrected chi connectivity index (χ1v) is 7.70. The summed E-state index contributed by atoms with van der Waals surface area (Å²) in [5, 5.41) is 6.61. The molecule has 0 radical (unpaired) electrons. The fourth-order valence-corrected chi connectivity index (χ4v) is 2.16. The van der Waals surface area contributed by atoms with E-state index in [1.165, 1.54) is 0 Å². The number of guanidine groups is 1. The van der Waals surface area contributed by atoms with Gasteiger partial charge < -0.3 is 19.9 Å². The van der Waals surface area contributed by atoms with Crippen molar-refractivity contribution in [2.75, 3.05) is 20.2 Å². The van der Waals surface area contributed by atoms with Crippen LogP contribution in [0.3, 0.4) is 0 Å². The minimum atomic E-state index is 0.501. The summed E-state index contributed by atoms with van der Waals surface area (Å²) in [6, 6.07) is 12.0. The van der Waals surface area contributed by atoms with E-state index in [9.17, 15) is 0 Å². The van der Waals surface area contributed by atoms with Crippen LogP contribution in [0.1, 0.15) is 5.56 Å². The molecular formula is C18H24N4O. The average Bonchev–Trinajstić information content (AvgIpc) is 3.10. The maximum Gasteiger partial charge on any atom is 0.191 e. The monoisotopic (exact) mass is 312 g/mol. The number of hydrogen-bond acceptors (Lipinski definition) is 2. The predicted molar refractivity (Wildman–Crippen MR) is 94.8 cm³/mol. The van der Waals surface area contributed by atoms with Crippen LogP contribution in [-0.2, 0) is 13.1 Å². The van der Waals surface area contributed by atoms with Crippen LogP contribution in [0.15, 0.2) is 66.4 Å². The van der Waals surface area contributed by atoms with Gasteiger partial charge in [0.05, 0.1) is 0 Å². The van der Waals surface area contributed by atoms with Gasteiger partial charge in [-0.2, -0.15) is 0 Å². The molecule has 2 rings (SSSR count). The van der Waals surface area contributed by atoms with Crippen molar-refractivity contribution in [1.29, 1.82) is 0 Å². The Hall–Kier alpha value is -2.69. The van der Waals surface area contributed by atoms with Gasteiger partial charge in [0.1, 0.15) is 12.4 Å². The van der Waals surface area contributed by atoms with E-state index >= 15 is 0 Å². The van der Waals surface area contributed by atoms with Crippen molar-refractivity contribution in [3.8, 4) is 5.75 Å². The molecule has 0 spiro atoms. The third-order valence-electron chi connectivity index (χ3n) is 3.33. The van der Waals surface area contributed by atoms with E-state index in [2.05, 4.69) is 26.8 Å². The lowest BCUT2D eigenvalue weighted by atomic mass is 10.2. The number of aromatic nitrogens is 1. The molecule has 5 nitrogen and oxygen atoms in total. The maximum absolute atomic E-state index is 5.66. The quantitative estimate of drug-likeness (QED) is 0.447. The summed E-state index contributed by atoms with van der Waals surface area (Å²) in [6.07, 6.45) is 5.84. The van der Waals surface area contributed by atoms with Gasteiger partial charge in [-0.3, -0.25) is 4.99 Å². The van der Waals surface area contributed by atoms with E-state index < -0.39 is 0 Å². The minimum Gasteiger partial charge on any atom is -0.489 e. The van der Waals surface area contributed by atoms with Gasteiger partial charge in [-0.15, -0.1) is 0 Å². The lowest BCUT2D eigenvalue weighted by Crippen LogP contribution is -2.38. The van der Waals surface area contributed by atoms with E-state index in [0.717, 1.165) is 30.4 Å². The van der Waals surface area contributed by atoms with Crippen LogP contribution in [0.25, 0.3) is 0 Å². The highest BCUT2D eigenvalue weighted by Crippen LogP contribution is 2.17. The highest BCUT2D eigenvalue weighted by atomic mass is 16.5. The van der Waals surface area contributed by atoms with Gasteiger partial charge in [0, 0.05) is 44.6 Å². The Bertz CT molecular complexity index is 620. The van der Waals surface area contributed by atoms with Crippen molar-refractivity contribution in [3.05, 3.63) is 67.0 Å². The Morgan fingerprint density at radius 2 is 2.00 bits per heavy atom. The zero-order valence-corrected chi connectivity index (χ0v) is 13.5. The zero-order valence-electron chi connectivity index (χ0n) is 13.5. The molecule has 0 aliphatic carbocycles. The summed E-state index contributed by atoms with van der Waals surface area (Å²) in [5.74, 6) is 1.64. The number of ether oxygens (including phenoxy) is 1. The Labute approximate surface area is 137 Å². The molecule has 0 saturated carbocycles. The Balaban J connectivity index is 1.82. The van der Waals surface area contributed by atoms with Crippen molar-refractivity contribution >= 4 is 5.96 Å². The van der Waals surface area contributed by atoms with E-state index in [-0.39, 0.29) is 0 Å². The zero-order chi connectivity index (χ0) is 16.3. The Morgan fingerprint density at radius 1 is 1.22 bits per heavy atom. The molecule has 0 unspecified atom stereocenters. The third kappa shape index (κ3) is 5.54. The molecule has 2 N–H and O–H groups in total. The number of aliphatic imine (C=N–C) groups is 1. The first-order valence-electron chi connectivity index (χ1n) is 7.70. The van der Waals surface area contributed by atoms with Crippen molar-refractivity contribution in [3.63, 3.8) is 0 Å². The predicted octanol–water partition coefficient (Wildman–Crippen LogP) is 2.42. The topological polar surface area (TPSA) is 50.6 Å². The Morgan fingerprint density at radius 3 is 2.74 bits per heavy atom. The fourth-order valence-electron chi connectivity index (χ4n) is 2.16. The normalized spacial score (nSPS) is 11.1. The summed E-state index contributed by atoms with van der Waals surface area (Å²) in [5.41, 5.74) is 1.09. The lowest BCUT2D eigenvalue weighted by molar-refractivity contribution is 0.358. The van der Waals surface area contributed by atoms with Crippen LogP contribution in [0.2, 0.25) is 0 Å². The molecule has 0 bridgehead atoms. The summed E-state index contributed by atoms with van der Waals surface area (Å²) in [6.45, 7) is 6.53. The van der Waals surface area contributed by atoms with Gasteiger partial charge >= 0.3 is 0 Å². The largest absolute Gasteiger partial charge is 0.489 e. The van der Waals surface area contributed by atoms with Crippen molar-refractivity contribution in [2.24, 2.45) is 4.99 Å². The van der Waals surface area contributed by atoms with Crippen LogP contribution in [-0.4, -0.2) is 30.7 Å². The first kappa shape index (κ1) is 16.7. The molecule has 122 valence electrons. The molecule has 1 heterocycles. The fraction of sp³-hybridized carbons (Fsp3) is 0.278. The smallest absolute Gasteiger partial charge is 0.191 e. The van der Waals surface area contributed by atoms with Crippen molar-refractivity contribution < 1.29 is 4.74 Å².